The molecular weight excluding hydrogens is 225 g/mol. The zero-order chi connectivity index (χ0) is 12.0. The maximum atomic E-state index is 12.8. The Morgan fingerprint density at radius 3 is 2.88 bits per heavy atom. The van der Waals surface area contributed by atoms with Gasteiger partial charge in [-0.05, 0) is 29.9 Å². The summed E-state index contributed by atoms with van der Waals surface area (Å²) in [6, 6.07) is 5.91. The summed E-state index contributed by atoms with van der Waals surface area (Å²) in [4.78, 5) is 11.5. The van der Waals surface area contributed by atoms with Crippen LogP contribution in [0.2, 0.25) is 0 Å². The summed E-state index contributed by atoms with van der Waals surface area (Å²) in [6.45, 7) is 4.22. The molecule has 0 saturated heterocycles. The fourth-order valence-corrected chi connectivity index (χ4v) is 2.00. The normalized spacial score (nSPS) is 10.5. The Morgan fingerprint density at radius 1 is 1.50 bits per heavy atom. The Labute approximate surface area is 99.6 Å². The lowest BCUT2D eigenvalue weighted by Crippen LogP contribution is -2.14. The standard InChI is InChI=1S/C12H16FNOS/c1-9(2)7-16-8-12(15)14-11-5-3-4-10(13)6-11/h3-6,9H,7-8H2,1-2H3,(H,14,15). The third-order valence-corrected chi connectivity index (χ3v) is 3.16. The molecule has 0 fully saturated rings. The molecule has 0 spiro atoms. The number of carbonyl (C=O) groups is 1. The van der Waals surface area contributed by atoms with E-state index in [1.54, 1.807) is 23.9 Å². The highest BCUT2D eigenvalue weighted by molar-refractivity contribution is 7.99. The molecule has 0 aliphatic rings. The fraction of sp³-hybridized carbons (Fsp3) is 0.417. The second-order valence-electron chi connectivity index (χ2n) is 3.97. The summed E-state index contributed by atoms with van der Waals surface area (Å²) in [6.07, 6.45) is 0. The van der Waals surface area contributed by atoms with Gasteiger partial charge in [-0.15, -0.1) is 0 Å². The minimum absolute atomic E-state index is 0.0868. The zero-order valence-electron chi connectivity index (χ0n) is 9.50. The van der Waals surface area contributed by atoms with Crippen molar-refractivity contribution in [2.24, 2.45) is 5.92 Å². The SMILES string of the molecule is CC(C)CSCC(=O)Nc1cccc(F)c1. The summed E-state index contributed by atoms with van der Waals surface area (Å²) >= 11 is 1.59. The van der Waals surface area contributed by atoms with E-state index in [1.165, 1.54) is 12.1 Å². The summed E-state index contributed by atoms with van der Waals surface area (Å²) < 4.78 is 12.8. The van der Waals surface area contributed by atoms with Crippen LogP contribution in [0.25, 0.3) is 0 Å². The molecule has 1 rings (SSSR count). The van der Waals surface area contributed by atoms with Crippen LogP contribution in [0.4, 0.5) is 10.1 Å². The third-order valence-electron chi connectivity index (χ3n) is 1.79. The topological polar surface area (TPSA) is 29.1 Å². The number of hydrogen-bond acceptors (Lipinski definition) is 2. The van der Waals surface area contributed by atoms with Gasteiger partial charge in [0, 0.05) is 5.69 Å². The quantitative estimate of drug-likeness (QED) is 0.858. The van der Waals surface area contributed by atoms with Gasteiger partial charge in [0.15, 0.2) is 0 Å². The lowest BCUT2D eigenvalue weighted by atomic mass is 10.3. The van der Waals surface area contributed by atoms with Gasteiger partial charge >= 0.3 is 0 Å². The Bertz CT molecular complexity index is 355. The van der Waals surface area contributed by atoms with Gasteiger partial charge in [-0.3, -0.25) is 4.79 Å². The molecule has 4 heteroatoms. The van der Waals surface area contributed by atoms with Crippen molar-refractivity contribution in [3.05, 3.63) is 30.1 Å². The molecule has 1 N–H and O–H groups in total. The van der Waals surface area contributed by atoms with Gasteiger partial charge in [-0.2, -0.15) is 11.8 Å². The highest BCUT2D eigenvalue weighted by atomic mass is 32.2. The lowest BCUT2D eigenvalue weighted by molar-refractivity contribution is -0.113. The highest BCUT2D eigenvalue weighted by Crippen LogP contribution is 2.11. The first-order chi connectivity index (χ1) is 7.58. The minimum atomic E-state index is -0.340. The molecule has 0 bridgehead atoms. The predicted molar refractivity (Wildman–Crippen MR) is 67.2 cm³/mol. The van der Waals surface area contributed by atoms with E-state index in [1.807, 2.05) is 0 Å². The van der Waals surface area contributed by atoms with Crippen LogP contribution in [-0.2, 0) is 4.79 Å². The molecule has 88 valence electrons. The van der Waals surface area contributed by atoms with Crippen molar-refractivity contribution in [2.75, 3.05) is 16.8 Å². The molecule has 16 heavy (non-hydrogen) atoms. The number of carbonyl (C=O) groups excluding carboxylic acids is 1. The van der Waals surface area contributed by atoms with Crippen molar-refractivity contribution in [3.8, 4) is 0 Å². The summed E-state index contributed by atoms with van der Waals surface area (Å²) in [5.74, 6) is 1.52. The van der Waals surface area contributed by atoms with Crippen molar-refractivity contribution in [1.29, 1.82) is 0 Å². The van der Waals surface area contributed by atoms with E-state index < -0.39 is 0 Å². The van der Waals surface area contributed by atoms with Gasteiger partial charge < -0.3 is 5.32 Å². The maximum absolute atomic E-state index is 12.8. The van der Waals surface area contributed by atoms with E-state index in [0.717, 1.165) is 5.75 Å². The molecular formula is C12H16FNOS. The van der Waals surface area contributed by atoms with Crippen molar-refractivity contribution in [3.63, 3.8) is 0 Å². The van der Waals surface area contributed by atoms with E-state index in [9.17, 15) is 9.18 Å². The van der Waals surface area contributed by atoms with Crippen LogP contribution >= 0.6 is 11.8 Å². The Morgan fingerprint density at radius 2 is 2.25 bits per heavy atom. The van der Waals surface area contributed by atoms with Crippen LogP contribution in [0, 0.1) is 11.7 Å². The minimum Gasteiger partial charge on any atom is -0.325 e. The van der Waals surface area contributed by atoms with E-state index in [2.05, 4.69) is 19.2 Å². The Balaban J connectivity index is 2.34. The summed E-state index contributed by atoms with van der Waals surface area (Å²) in [5.41, 5.74) is 0.509. The average Bonchev–Trinajstić information content (AvgIpc) is 2.16. The number of nitrogens with one attached hydrogen (secondary N) is 1. The van der Waals surface area contributed by atoms with Gasteiger partial charge in [-0.25, -0.2) is 4.39 Å². The molecule has 1 amide bonds. The number of halogens is 1. The second kappa shape index (κ2) is 6.53. The number of amides is 1. The van der Waals surface area contributed by atoms with Gasteiger partial charge in [-0.1, -0.05) is 19.9 Å². The highest BCUT2D eigenvalue weighted by Gasteiger charge is 2.03. The third kappa shape index (κ3) is 5.16. The van der Waals surface area contributed by atoms with Gasteiger partial charge in [0.25, 0.3) is 0 Å². The number of anilines is 1. The average molecular weight is 241 g/mol. The van der Waals surface area contributed by atoms with Crippen molar-refractivity contribution in [1.82, 2.24) is 0 Å². The fourth-order valence-electron chi connectivity index (χ4n) is 1.15. The van der Waals surface area contributed by atoms with E-state index in [4.69, 9.17) is 0 Å². The molecule has 2 nitrogen and oxygen atoms in total. The zero-order valence-corrected chi connectivity index (χ0v) is 10.3. The molecule has 0 atom stereocenters. The van der Waals surface area contributed by atoms with Gasteiger partial charge in [0.1, 0.15) is 5.82 Å². The summed E-state index contributed by atoms with van der Waals surface area (Å²) in [5, 5.41) is 2.66. The lowest BCUT2D eigenvalue weighted by Gasteiger charge is -2.06. The molecule has 0 radical (unpaired) electrons. The van der Waals surface area contributed by atoms with Crippen LogP contribution in [0.3, 0.4) is 0 Å². The maximum Gasteiger partial charge on any atom is 0.234 e. The van der Waals surface area contributed by atoms with E-state index in [0.29, 0.717) is 17.4 Å². The monoisotopic (exact) mass is 241 g/mol. The number of benzene rings is 1. The molecule has 0 aliphatic carbocycles. The van der Waals surface area contributed by atoms with Gasteiger partial charge in [0.05, 0.1) is 5.75 Å². The largest absolute Gasteiger partial charge is 0.325 e. The van der Waals surface area contributed by atoms with Crippen LogP contribution < -0.4 is 5.32 Å². The van der Waals surface area contributed by atoms with E-state index in [-0.39, 0.29) is 11.7 Å². The molecule has 0 saturated carbocycles. The van der Waals surface area contributed by atoms with Crippen LogP contribution in [0.5, 0.6) is 0 Å². The van der Waals surface area contributed by atoms with Crippen molar-refractivity contribution >= 4 is 23.4 Å². The first kappa shape index (κ1) is 13.0. The Kier molecular flexibility index (Phi) is 5.32. The van der Waals surface area contributed by atoms with Crippen molar-refractivity contribution < 1.29 is 9.18 Å². The van der Waals surface area contributed by atoms with Crippen molar-refractivity contribution in [2.45, 2.75) is 13.8 Å². The Hall–Kier alpha value is -1.03. The number of hydrogen-bond donors (Lipinski definition) is 1. The first-order valence-electron chi connectivity index (χ1n) is 5.21. The molecule has 1 aromatic carbocycles. The molecule has 0 heterocycles. The van der Waals surface area contributed by atoms with Crippen LogP contribution in [-0.4, -0.2) is 17.4 Å². The predicted octanol–water partition coefficient (Wildman–Crippen LogP) is 3.15. The summed E-state index contributed by atoms with van der Waals surface area (Å²) in [7, 11) is 0. The van der Waals surface area contributed by atoms with E-state index >= 15 is 0 Å². The first-order valence-corrected chi connectivity index (χ1v) is 6.36. The molecule has 0 aromatic heterocycles. The number of thioether (sulfide) groups is 1. The molecule has 0 unspecified atom stereocenters. The van der Waals surface area contributed by atoms with Crippen LogP contribution in [0.1, 0.15) is 13.8 Å². The van der Waals surface area contributed by atoms with Crippen LogP contribution in [0.15, 0.2) is 24.3 Å². The smallest absolute Gasteiger partial charge is 0.234 e. The second-order valence-corrected chi connectivity index (χ2v) is 5.00. The number of rotatable bonds is 5. The molecule has 1 aromatic rings. The van der Waals surface area contributed by atoms with Gasteiger partial charge in [0.2, 0.25) is 5.91 Å². The molecule has 0 aliphatic heterocycles.